The third-order valence-corrected chi connectivity index (χ3v) is 3.84. The first-order valence-electron chi connectivity index (χ1n) is 7.59. The van der Waals surface area contributed by atoms with Gasteiger partial charge in [-0.2, -0.15) is 13.2 Å². The van der Waals surface area contributed by atoms with Crippen molar-refractivity contribution in [3.8, 4) is 0 Å². The molecule has 0 aromatic heterocycles. The lowest BCUT2D eigenvalue weighted by molar-refractivity contribution is -0.137. The fourth-order valence-corrected chi connectivity index (χ4v) is 2.25. The zero-order valence-electron chi connectivity index (χ0n) is 13.8. The van der Waals surface area contributed by atoms with Gasteiger partial charge in [-0.15, -0.1) is 0 Å². The SMILES string of the molecule is C[C@H](C(=O)Nc1ccc(C(F)(F)F)cc1)N(C)Cc1cccc(F)c1. The topological polar surface area (TPSA) is 32.3 Å². The molecule has 0 saturated heterocycles. The van der Waals surface area contributed by atoms with Crippen molar-refractivity contribution in [3.05, 3.63) is 65.5 Å². The highest BCUT2D eigenvalue weighted by atomic mass is 19.4. The molecule has 2 rings (SSSR count). The van der Waals surface area contributed by atoms with Crippen molar-refractivity contribution in [1.82, 2.24) is 4.90 Å². The molecule has 134 valence electrons. The van der Waals surface area contributed by atoms with Gasteiger partial charge in [-0.25, -0.2) is 4.39 Å². The second kappa shape index (κ2) is 7.65. The van der Waals surface area contributed by atoms with Crippen LogP contribution >= 0.6 is 0 Å². The summed E-state index contributed by atoms with van der Waals surface area (Å²) >= 11 is 0. The Morgan fingerprint density at radius 2 is 1.80 bits per heavy atom. The number of likely N-dealkylation sites (N-methyl/N-ethyl adjacent to an activating group) is 1. The number of hydrogen-bond donors (Lipinski definition) is 1. The molecule has 1 amide bonds. The van der Waals surface area contributed by atoms with Crippen LogP contribution in [0.25, 0.3) is 0 Å². The summed E-state index contributed by atoms with van der Waals surface area (Å²) in [5.74, 6) is -0.716. The Morgan fingerprint density at radius 3 is 2.36 bits per heavy atom. The van der Waals surface area contributed by atoms with E-state index in [-0.39, 0.29) is 17.4 Å². The number of anilines is 1. The molecule has 0 aliphatic carbocycles. The number of alkyl halides is 3. The minimum atomic E-state index is -4.42. The highest BCUT2D eigenvalue weighted by molar-refractivity contribution is 5.94. The first-order chi connectivity index (χ1) is 11.7. The van der Waals surface area contributed by atoms with Gasteiger partial charge < -0.3 is 5.32 Å². The number of rotatable bonds is 5. The van der Waals surface area contributed by atoms with E-state index in [0.29, 0.717) is 6.54 Å². The number of hydrogen-bond acceptors (Lipinski definition) is 2. The highest BCUT2D eigenvalue weighted by Gasteiger charge is 2.30. The summed E-state index contributed by atoms with van der Waals surface area (Å²) in [5.41, 5.74) is 0.224. The van der Waals surface area contributed by atoms with Crippen molar-refractivity contribution in [2.75, 3.05) is 12.4 Å². The molecular formula is C18H18F4N2O. The third kappa shape index (κ3) is 5.29. The number of carbonyl (C=O) groups excluding carboxylic acids is 1. The van der Waals surface area contributed by atoms with Crippen LogP contribution in [0.5, 0.6) is 0 Å². The smallest absolute Gasteiger partial charge is 0.325 e. The zero-order chi connectivity index (χ0) is 18.6. The lowest BCUT2D eigenvalue weighted by Crippen LogP contribution is -2.39. The molecule has 0 spiro atoms. The first-order valence-corrected chi connectivity index (χ1v) is 7.59. The summed E-state index contributed by atoms with van der Waals surface area (Å²) in [6.45, 7) is 2.03. The van der Waals surface area contributed by atoms with Gasteiger partial charge in [0.25, 0.3) is 0 Å². The van der Waals surface area contributed by atoms with E-state index < -0.39 is 17.8 Å². The summed E-state index contributed by atoms with van der Waals surface area (Å²) in [5, 5.41) is 2.58. The first kappa shape index (κ1) is 18.9. The molecule has 0 heterocycles. The lowest BCUT2D eigenvalue weighted by Gasteiger charge is -2.24. The Labute approximate surface area is 143 Å². The van der Waals surface area contributed by atoms with Gasteiger partial charge in [-0.05, 0) is 55.9 Å². The van der Waals surface area contributed by atoms with E-state index >= 15 is 0 Å². The van der Waals surface area contributed by atoms with E-state index in [2.05, 4.69) is 5.32 Å². The van der Waals surface area contributed by atoms with Crippen LogP contribution in [0, 0.1) is 5.82 Å². The highest BCUT2D eigenvalue weighted by Crippen LogP contribution is 2.29. The Balaban J connectivity index is 1.97. The fourth-order valence-electron chi connectivity index (χ4n) is 2.25. The van der Waals surface area contributed by atoms with Gasteiger partial charge in [-0.1, -0.05) is 12.1 Å². The van der Waals surface area contributed by atoms with Crippen molar-refractivity contribution in [2.24, 2.45) is 0 Å². The molecule has 2 aromatic rings. The molecule has 0 fully saturated rings. The number of halogens is 4. The van der Waals surface area contributed by atoms with Crippen molar-refractivity contribution >= 4 is 11.6 Å². The van der Waals surface area contributed by atoms with Crippen molar-refractivity contribution in [1.29, 1.82) is 0 Å². The van der Waals surface area contributed by atoms with E-state index in [0.717, 1.165) is 17.7 Å². The molecule has 0 aliphatic rings. The number of nitrogens with zero attached hydrogens (tertiary/aromatic N) is 1. The number of amides is 1. The minimum absolute atomic E-state index is 0.281. The Bertz CT molecular complexity index is 729. The Kier molecular flexibility index (Phi) is 5.79. The van der Waals surface area contributed by atoms with E-state index in [1.165, 1.54) is 24.3 Å². The third-order valence-electron chi connectivity index (χ3n) is 3.84. The molecule has 0 aliphatic heterocycles. The van der Waals surface area contributed by atoms with E-state index in [4.69, 9.17) is 0 Å². The summed E-state index contributed by atoms with van der Waals surface area (Å²) in [6.07, 6.45) is -4.42. The second-order valence-corrected chi connectivity index (χ2v) is 5.79. The van der Waals surface area contributed by atoms with E-state index in [1.54, 1.807) is 31.0 Å². The predicted molar refractivity (Wildman–Crippen MR) is 87.4 cm³/mol. The van der Waals surface area contributed by atoms with Gasteiger partial charge in [0.2, 0.25) is 5.91 Å². The number of carbonyl (C=O) groups is 1. The van der Waals surface area contributed by atoms with E-state index in [1.807, 2.05) is 0 Å². The van der Waals surface area contributed by atoms with Crippen LogP contribution in [0.15, 0.2) is 48.5 Å². The maximum absolute atomic E-state index is 13.2. The molecule has 0 saturated carbocycles. The van der Waals surface area contributed by atoms with Gasteiger partial charge in [0.15, 0.2) is 0 Å². The molecule has 2 aromatic carbocycles. The maximum atomic E-state index is 13.2. The van der Waals surface area contributed by atoms with Crippen LogP contribution in [0.3, 0.4) is 0 Å². The van der Waals surface area contributed by atoms with Crippen LogP contribution < -0.4 is 5.32 Å². The summed E-state index contributed by atoms with van der Waals surface area (Å²) in [6, 6.07) is 9.76. The van der Waals surface area contributed by atoms with Gasteiger partial charge in [-0.3, -0.25) is 9.69 Å². The van der Waals surface area contributed by atoms with Crippen LogP contribution in [0.4, 0.5) is 23.2 Å². The monoisotopic (exact) mass is 354 g/mol. The van der Waals surface area contributed by atoms with Crippen molar-refractivity contribution in [3.63, 3.8) is 0 Å². The molecule has 0 radical (unpaired) electrons. The fraction of sp³-hybridized carbons (Fsp3) is 0.278. The second-order valence-electron chi connectivity index (χ2n) is 5.79. The normalized spacial score (nSPS) is 12.9. The summed E-state index contributed by atoms with van der Waals surface area (Å²) in [4.78, 5) is 14.0. The van der Waals surface area contributed by atoms with Crippen molar-refractivity contribution in [2.45, 2.75) is 25.7 Å². The minimum Gasteiger partial charge on any atom is -0.325 e. The van der Waals surface area contributed by atoms with Gasteiger partial charge in [0, 0.05) is 12.2 Å². The van der Waals surface area contributed by atoms with Gasteiger partial charge in [0.05, 0.1) is 11.6 Å². The molecule has 1 atom stereocenters. The van der Waals surface area contributed by atoms with Gasteiger partial charge in [0.1, 0.15) is 5.82 Å². The molecular weight excluding hydrogens is 336 g/mol. The molecule has 3 nitrogen and oxygen atoms in total. The van der Waals surface area contributed by atoms with Crippen molar-refractivity contribution < 1.29 is 22.4 Å². The Hall–Kier alpha value is -2.41. The predicted octanol–water partition coefficient (Wildman–Crippen LogP) is 4.30. The lowest BCUT2D eigenvalue weighted by atomic mass is 10.1. The van der Waals surface area contributed by atoms with Crippen LogP contribution in [-0.2, 0) is 17.5 Å². The molecule has 7 heteroatoms. The largest absolute Gasteiger partial charge is 0.416 e. The van der Waals surface area contributed by atoms with Crippen LogP contribution in [-0.4, -0.2) is 23.9 Å². The average Bonchev–Trinajstić information content (AvgIpc) is 2.53. The molecule has 0 unspecified atom stereocenters. The standard InChI is InChI=1S/C18H18F4N2O/c1-12(24(2)11-13-4-3-5-15(19)10-13)17(25)23-16-8-6-14(7-9-16)18(20,21)22/h3-10,12H,11H2,1-2H3,(H,23,25)/t12-/m1/s1. The maximum Gasteiger partial charge on any atom is 0.416 e. The van der Waals surface area contributed by atoms with Crippen LogP contribution in [0.1, 0.15) is 18.1 Å². The van der Waals surface area contributed by atoms with Gasteiger partial charge >= 0.3 is 6.18 Å². The molecule has 25 heavy (non-hydrogen) atoms. The summed E-state index contributed by atoms with van der Waals surface area (Å²) < 4.78 is 50.8. The summed E-state index contributed by atoms with van der Waals surface area (Å²) in [7, 11) is 1.71. The van der Waals surface area contributed by atoms with E-state index in [9.17, 15) is 22.4 Å². The Morgan fingerprint density at radius 1 is 1.16 bits per heavy atom. The molecule has 1 N–H and O–H groups in total. The van der Waals surface area contributed by atoms with Crippen LogP contribution in [0.2, 0.25) is 0 Å². The zero-order valence-corrected chi connectivity index (χ0v) is 13.8. The molecule has 0 bridgehead atoms. The number of nitrogens with one attached hydrogen (secondary N) is 1. The average molecular weight is 354 g/mol. The quantitative estimate of drug-likeness (QED) is 0.812. The number of benzene rings is 2.